The fraction of sp³-hybridized carbons (Fsp3) is 0.0435. The van der Waals surface area contributed by atoms with Gasteiger partial charge < -0.3 is 26.0 Å². The van der Waals surface area contributed by atoms with Crippen molar-refractivity contribution in [3.63, 3.8) is 0 Å². The molecule has 0 aliphatic heterocycles. The van der Waals surface area contributed by atoms with E-state index in [1.807, 2.05) is 0 Å². The highest BCUT2D eigenvalue weighted by Crippen LogP contribution is 2.41. The summed E-state index contributed by atoms with van der Waals surface area (Å²) in [6, 6.07) is 9.93. The summed E-state index contributed by atoms with van der Waals surface area (Å²) in [4.78, 5) is 48.5. The number of hydrogen-bond donors (Lipinski definition) is 5. The molecule has 192 valence electrons. The molecular formula is C23H14Cl4N2O7S. The van der Waals surface area contributed by atoms with Crippen LogP contribution in [0, 0.1) is 0 Å². The predicted molar refractivity (Wildman–Crippen MR) is 142 cm³/mol. The van der Waals surface area contributed by atoms with Crippen LogP contribution in [0.3, 0.4) is 0 Å². The smallest absolute Gasteiger partial charge is 0.339 e. The van der Waals surface area contributed by atoms with Crippen molar-refractivity contribution in [1.29, 1.82) is 0 Å². The van der Waals surface area contributed by atoms with Crippen molar-refractivity contribution in [3.05, 3.63) is 79.2 Å². The van der Waals surface area contributed by atoms with Gasteiger partial charge in [0.15, 0.2) is 0 Å². The zero-order valence-electron chi connectivity index (χ0n) is 18.1. The number of halogens is 4. The van der Waals surface area contributed by atoms with Crippen LogP contribution in [0.25, 0.3) is 0 Å². The van der Waals surface area contributed by atoms with Gasteiger partial charge in [-0.3, -0.25) is 9.59 Å². The fourth-order valence-corrected chi connectivity index (χ4v) is 4.72. The first-order valence-electron chi connectivity index (χ1n) is 9.90. The number of amides is 2. The van der Waals surface area contributed by atoms with Crippen LogP contribution in [-0.2, 0) is 4.79 Å². The second kappa shape index (κ2) is 11.9. The van der Waals surface area contributed by atoms with Gasteiger partial charge in [-0.2, -0.15) is 0 Å². The van der Waals surface area contributed by atoms with E-state index >= 15 is 0 Å². The number of carbonyl (C=O) groups excluding carboxylic acids is 2. The SMILES string of the molecule is O=C(CSc1ccc(NC(=O)c2c(Cl)c(Cl)c(Cl)c(Cl)c2C(=O)O)cc1)Nc1ccc(O)c(C(=O)O)c1. The van der Waals surface area contributed by atoms with E-state index < -0.39 is 45.7 Å². The first kappa shape index (κ1) is 28.4. The number of carboxylic acids is 2. The average Bonchev–Trinajstić information content (AvgIpc) is 2.85. The largest absolute Gasteiger partial charge is 0.507 e. The zero-order valence-corrected chi connectivity index (χ0v) is 22.0. The summed E-state index contributed by atoms with van der Waals surface area (Å²) in [5.74, 6) is -4.59. The van der Waals surface area contributed by atoms with Gasteiger partial charge in [0.25, 0.3) is 5.91 Å². The normalized spacial score (nSPS) is 10.6. The third kappa shape index (κ3) is 6.60. The Morgan fingerprint density at radius 1 is 0.730 bits per heavy atom. The molecule has 0 aromatic heterocycles. The third-order valence-corrected chi connectivity index (χ3v) is 7.51. The standard InChI is InChI=1S/C23H14Cl4N2O7S/c24-17-15(16(23(35)36)18(25)20(27)19(17)26)21(32)29-9-1-4-11(5-2-9)37-8-14(31)28-10-3-6-13(30)12(7-10)22(33)34/h1-7,30H,8H2,(H,28,31)(H,29,32)(H,33,34)(H,35,36). The van der Waals surface area contributed by atoms with E-state index in [1.165, 1.54) is 18.2 Å². The fourth-order valence-electron chi connectivity index (χ4n) is 3.00. The Hall–Kier alpha value is -3.15. The topological polar surface area (TPSA) is 153 Å². The summed E-state index contributed by atoms with van der Waals surface area (Å²) >= 11 is 25.1. The molecule has 0 bridgehead atoms. The highest BCUT2D eigenvalue weighted by molar-refractivity contribution is 8.00. The van der Waals surface area contributed by atoms with Gasteiger partial charge in [-0.05, 0) is 42.5 Å². The molecule has 3 aromatic rings. The molecule has 3 aromatic carbocycles. The van der Waals surface area contributed by atoms with Gasteiger partial charge in [0.2, 0.25) is 5.91 Å². The number of thioether (sulfide) groups is 1. The van der Waals surface area contributed by atoms with Crippen LogP contribution in [0.5, 0.6) is 5.75 Å². The van der Waals surface area contributed by atoms with Gasteiger partial charge in [-0.15, -0.1) is 11.8 Å². The third-order valence-electron chi connectivity index (χ3n) is 4.70. The lowest BCUT2D eigenvalue weighted by Crippen LogP contribution is -2.18. The van der Waals surface area contributed by atoms with Crippen LogP contribution in [0.2, 0.25) is 20.1 Å². The van der Waals surface area contributed by atoms with Crippen molar-refractivity contribution < 1.29 is 34.5 Å². The number of carboxylic acid groups (broad SMARTS) is 2. The van der Waals surface area contributed by atoms with Crippen LogP contribution < -0.4 is 10.6 Å². The maximum absolute atomic E-state index is 12.8. The first-order valence-corrected chi connectivity index (χ1v) is 12.4. The Bertz CT molecular complexity index is 1430. The second-order valence-corrected chi connectivity index (χ2v) is 9.72. The molecule has 3 rings (SSSR count). The average molecular weight is 604 g/mol. The number of aromatic carboxylic acids is 2. The van der Waals surface area contributed by atoms with E-state index in [1.54, 1.807) is 12.1 Å². The lowest BCUT2D eigenvalue weighted by molar-refractivity contribution is -0.113. The summed E-state index contributed by atoms with van der Waals surface area (Å²) in [5.41, 5.74) is -0.896. The number of benzene rings is 3. The molecule has 0 saturated heterocycles. The highest BCUT2D eigenvalue weighted by atomic mass is 35.5. The summed E-state index contributed by atoms with van der Waals surface area (Å²) in [6.45, 7) is 0. The minimum atomic E-state index is -1.52. The molecule has 0 unspecified atom stereocenters. The lowest BCUT2D eigenvalue weighted by atomic mass is 10.1. The molecule has 5 N–H and O–H groups in total. The minimum Gasteiger partial charge on any atom is -0.507 e. The molecule has 2 amide bonds. The van der Waals surface area contributed by atoms with Crippen LogP contribution in [-0.4, -0.2) is 44.8 Å². The van der Waals surface area contributed by atoms with Crippen LogP contribution in [0.4, 0.5) is 11.4 Å². The van der Waals surface area contributed by atoms with Crippen molar-refractivity contribution in [3.8, 4) is 5.75 Å². The summed E-state index contributed by atoms with van der Waals surface area (Å²) < 4.78 is 0. The van der Waals surface area contributed by atoms with Crippen LogP contribution >= 0.6 is 58.2 Å². The second-order valence-electron chi connectivity index (χ2n) is 7.16. The molecule has 14 heteroatoms. The molecule has 0 aliphatic rings. The number of aromatic hydroxyl groups is 1. The lowest BCUT2D eigenvalue weighted by Gasteiger charge is -2.14. The van der Waals surface area contributed by atoms with Gasteiger partial charge in [-0.25, -0.2) is 9.59 Å². The summed E-state index contributed by atoms with van der Waals surface area (Å²) in [6.07, 6.45) is 0. The Balaban J connectivity index is 1.66. The van der Waals surface area contributed by atoms with E-state index in [-0.39, 0.29) is 32.1 Å². The van der Waals surface area contributed by atoms with Gasteiger partial charge in [0.1, 0.15) is 11.3 Å². The van der Waals surface area contributed by atoms with E-state index in [0.717, 1.165) is 23.9 Å². The Morgan fingerprint density at radius 2 is 1.30 bits per heavy atom. The number of phenols is 1. The van der Waals surface area contributed by atoms with Gasteiger partial charge in [0.05, 0.1) is 37.0 Å². The predicted octanol–water partition coefficient (Wildman–Crippen LogP) is 6.39. The van der Waals surface area contributed by atoms with Crippen molar-refractivity contribution >= 4 is 93.3 Å². The summed E-state index contributed by atoms with van der Waals surface area (Å²) in [7, 11) is 0. The molecule has 0 aliphatic carbocycles. The quantitative estimate of drug-likeness (QED) is 0.0859. The minimum absolute atomic E-state index is 0.0195. The van der Waals surface area contributed by atoms with Crippen LogP contribution in [0.1, 0.15) is 31.1 Å². The molecule has 0 atom stereocenters. The van der Waals surface area contributed by atoms with E-state index in [9.17, 15) is 29.4 Å². The molecule has 37 heavy (non-hydrogen) atoms. The number of hydrogen-bond acceptors (Lipinski definition) is 6. The molecule has 0 spiro atoms. The molecule has 0 fully saturated rings. The van der Waals surface area contributed by atoms with Crippen molar-refractivity contribution in [1.82, 2.24) is 0 Å². The molecule has 0 heterocycles. The molecular weight excluding hydrogens is 590 g/mol. The maximum atomic E-state index is 12.8. The van der Waals surface area contributed by atoms with Crippen LogP contribution in [0.15, 0.2) is 47.4 Å². The molecule has 9 nitrogen and oxygen atoms in total. The number of rotatable bonds is 8. The number of anilines is 2. The van der Waals surface area contributed by atoms with Crippen molar-refractivity contribution in [2.24, 2.45) is 0 Å². The number of nitrogens with one attached hydrogen (secondary N) is 2. The monoisotopic (exact) mass is 602 g/mol. The van der Waals surface area contributed by atoms with Gasteiger partial charge in [0, 0.05) is 16.3 Å². The van der Waals surface area contributed by atoms with E-state index in [4.69, 9.17) is 51.5 Å². The highest BCUT2D eigenvalue weighted by Gasteiger charge is 2.29. The van der Waals surface area contributed by atoms with E-state index in [0.29, 0.717) is 10.6 Å². The number of carbonyl (C=O) groups is 4. The van der Waals surface area contributed by atoms with Crippen molar-refractivity contribution in [2.45, 2.75) is 4.90 Å². The van der Waals surface area contributed by atoms with Crippen molar-refractivity contribution in [2.75, 3.05) is 16.4 Å². The molecule has 0 saturated carbocycles. The Kier molecular flexibility index (Phi) is 9.16. The van der Waals surface area contributed by atoms with E-state index in [2.05, 4.69) is 10.6 Å². The Morgan fingerprint density at radius 3 is 1.86 bits per heavy atom. The maximum Gasteiger partial charge on any atom is 0.339 e. The molecule has 0 radical (unpaired) electrons. The van der Waals surface area contributed by atoms with Gasteiger partial charge >= 0.3 is 11.9 Å². The first-order chi connectivity index (χ1) is 17.4. The summed E-state index contributed by atoms with van der Waals surface area (Å²) in [5, 5.41) is 31.8. The van der Waals surface area contributed by atoms with Gasteiger partial charge in [-0.1, -0.05) is 46.4 Å². The Labute approximate surface area is 233 Å². The zero-order chi connectivity index (χ0) is 27.4.